The highest BCUT2D eigenvalue weighted by Gasteiger charge is 2.14. The average molecular weight is 314 g/mol. The molecule has 1 saturated heterocycles. The summed E-state index contributed by atoms with van der Waals surface area (Å²) in [4.78, 5) is 14.5. The first kappa shape index (κ1) is 15.7. The van der Waals surface area contributed by atoms with Crippen LogP contribution in [0.5, 0.6) is 0 Å². The lowest BCUT2D eigenvalue weighted by Gasteiger charge is -2.26. The first-order valence-corrected chi connectivity index (χ1v) is 8.06. The van der Waals surface area contributed by atoms with Gasteiger partial charge in [0.2, 0.25) is 5.76 Å². The van der Waals surface area contributed by atoms with Gasteiger partial charge in [-0.25, -0.2) is 0 Å². The van der Waals surface area contributed by atoms with E-state index in [1.165, 1.54) is 0 Å². The molecule has 0 aliphatic carbocycles. The maximum Gasteiger partial charge on any atom is 0.289 e. The molecule has 1 amide bonds. The maximum atomic E-state index is 12.1. The van der Waals surface area contributed by atoms with Crippen molar-refractivity contribution in [3.8, 4) is 11.3 Å². The lowest BCUT2D eigenvalue weighted by molar-refractivity contribution is 0.0914. The van der Waals surface area contributed by atoms with Crippen LogP contribution in [-0.4, -0.2) is 55.2 Å². The quantitative estimate of drug-likeness (QED) is 0.788. The summed E-state index contributed by atoms with van der Waals surface area (Å²) in [5, 5.41) is 10.2. The van der Waals surface area contributed by atoms with E-state index < -0.39 is 0 Å². The molecule has 1 fully saturated rings. The molecule has 6 heteroatoms. The molecule has 6 nitrogen and oxygen atoms in total. The molecule has 1 aliphatic rings. The Morgan fingerprint density at radius 3 is 2.83 bits per heavy atom. The predicted molar refractivity (Wildman–Crippen MR) is 88.2 cm³/mol. The number of nitrogens with zero attached hydrogens (tertiary/aromatic N) is 2. The molecule has 0 bridgehead atoms. The number of piperazine rings is 1. The highest BCUT2D eigenvalue weighted by molar-refractivity contribution is 5.92. The van der Waals surface area contributed by atoms with Crippen molar-refractivity contribution >= 4 is 5.91 Å². The Kier molecular flexibility index (Phi) is 5.39. The molecule has 0 unspecified atom stereocenters. The monoisotopic (exact) mass is 314 g/mol. The number of carbonyl (C=O) groups excluding carboxylic acids is 1. The number of carbonyl (C=O) groups is 1. The Labute approximate surface area is 135 Å². The summed E-state index contributed by atoms with van der Waals surface area (Å²) in [6.07, 6.45) is 0.936. The topological polar surface area (TPSA) is 70.4 Å². The minimum Gasteiger partial charge on any atom is -0.350 e. The third kappa shape index (κ3) is 4.40. The molecular formula is C17H22N4O2. The maximum absolute atomic E-state index is 12.1. The molecule has 0 atom stereocenters. The zero-order chi connectivity index (χ0) is 15.9. The van der Waals surface area contributed by atoms with E-state index in [4.69, 9.17) is 4.52 Å². The minimum absolute atomic E-state index is 0.208. The zero-order valence-electron chi connectivity index (χ0n) is 13.1. The van der Waals surface area contributed by atoms with E-state index in [0.717, 1.165) is 44.7 Å². The summed E-state index contributed by atoms with van der Waals surface area (Å²) in [5.74, 6) is 0.0472. The second-order valence-electron chi connectivity index (χ2n) is 5.64. The highest BCUT2D eigenvalue weighted by Crippen LogP contribution is 2.18. The van der Waals surface area contributed by atoms with Crippen LogP contribution >= 0.6 is 0 Å². The molecule has 2 aromatic rings. The van der Waals surface area contributed by atoms with Crippen LogP contribution in [0.4, 0.5) is 0 Å². The van der Waals surface area contributed by atoms with Gasteiger partial charge in [0.15, 0.2) is 0 Å². The van der Waals surface area contributed by atoms with Gasteiger partial charge in [-0.05, 0) is 13.0 Å². The minimum atomic E-state index is -0.208. The van der Waals surface area contributed by atoms with E-state index in [-0.39, 0.29) is 11.7 Å². The number of aromatic nitrogens is 1. The van der Waals surface area contributed by atoms with Gasteiger partial charge in [-0.3, -0.25) is 4.79 Å². The third-order valence-corrected chi connectivity index (χ3v) is 3.95. The second-order valence-corrected chi connectivity index (χ2v) is 5.64. The summed E-state index contributed by atoms with van der Waals surface area (Å²) in [7, 11) is 0. The molecule has 1 aromatic heterocycles. The van der Waals surface area contributed by atoms with Gasteiger partial charge in [0.25, 0.3) is 5.91 Å². The van der Waals surface area contributed by atoms with E-state index in [0.29, 0.717) is 12.2 Å². The lowest BCUT2D eigenvalue weighted by Crippen LogP contribution is -2.44. The van der Waals surface area contributed by atoms with Crippen molar-refractivity contribution in [3.05, 3.63) is 42.2 Å². The molecule has 1 aliphatic heterocycles. The Balaban J connectivity index is 1.44. The predicted octanol–water partition coefficient (Wildman–Crippen LogP) is 1.37. The largest absolute Gasteiger partial charge is 0.350 e. The number of nitrogens with one attached hydrogen (secondary N) is 2. The molecule has 23 heavy (non-hydrogen) atoms. The van der Waals surface area contributed by atoms with Crippen LogP contribution in [-0.2, 0) is 0 Å². The first-order chi connectivity index (χ1) is 11.3. The molecule has 1 aromatic carbocycles. The molecule has 2 N–H and O–H groups in total. The number of benzene rings is 1. The fraction of sp³-hybridized carbons (Fsp3) is 0.412. The Morgan fingerprint density at radius 2 is 2.04 bits per heavy atom. The van der Waals surface area contributed by atoms with Crippen LogP contribution in [0.2, 0.25) is 0 Å². The number of hydrogen-bond donors (Lipinski definition) is 2. The van der Waals surface area contributed by atoms with Crippen molar-refractivity contribution in [1.29, 1.82) is 0 Å². The van der Waals surface area contributed by atoms with Gasteiger partial charge >= 0.3 is 0 Å². The van der Waals surface area contributed by atoms with Crippen molar-refractivity contribution < 1.29 is 9.32 Å². The molecular weight excluding hydrogens is 292 g/mol. The van der Waals surface area contributed by atoms with Crippen LogP contribution in [0.1, 0.15) is 17.0 Å². The zero-order valence-corrected chi connectivity index (χ0v) is 13.1. The Hall–Kier alpha value is -2.18. The molecule has 3 rings (SSSR count). The van der Waals surface area contributed by atoms with Crippen molar-refractivity contribution in [2.24, 2.45) is 0 Å². The Bertz CT molecular complexity index is 621. The van der Waals surface area contributed by atoms with Gasteiger partial charge in [-0.2, -0.15) is 0 Å². The average Bonchev–Trinajstić information content (AvgIpc) is 3.10. The molecule has 0 spiro atoms. The highest BCUT2D eigenvalue weighted by atomic mass is 16.5. The summed E-state index contributed by atoms with van der Waals surface area (Å²) >= 11 is 0. The summed E-state index contributed by atoms with van der Waals surface area (Å²) in [5.41, 5.74) is 1.62. The van der Waals surface area contributed by atoms with Gasteiger partial charge in [-0.15, -0.1) is 0 Å². The second kappa shape index (κ2) is 7.89. The van der Waals surface area contributed by atoms with Crippen molar-refractivity contribution in [2.75, 3.05) is 39.3 Å². The molecule has 122 valence electrons. The van der Waals surface area contributed by atoms with Crippen molar-refractivity contribution in [3.63, 3.8) is 0 Å². The van der Waals surface area contributed by atoms with E-state index in [2.05, 4.69) is 20.7 Å². The number of hydrogen-bond acceptors (Lipinski definition) is 5. The standard InChI is InChI=1S/C17H22N4O2/c22-17(19-7-4-10-21-11-8-18-9-12-21)16-13-15(20-23-16)14-5-2-1-3-6-14/h1-3,5-6,13,18H,4,7-12H2,(H,19,22). The van der Waals surface area contributed by atoms with E-state index >= 15 is 0 Å². The van der Waals surface area contributed by atoms with Crippen LogP contribution in [0.15, 0.2) is 40.9 Å². The SMILES string of the molecule is O=C(NCCCN1CCNCC1)c1cc(-c2ccccc2)no1. The van der Waals surface area contributed by atoms with Crippen molar-refractivity contribution in [2.45, 2.75) is 6.42 Å². The van der Waals surface area contributed by atoms with Crippen LogP contribution in [0, 0.1) is 0 Å². The fourth-order valence-electron chi connectivity index (χ4n) is 2.65. The third-order valence-electron chi connectivity index (χ3n) is 3.95. The summed E-state index contributed by atoms with van der Waals surface area (Å²) in [6.45, 7) is 5.91. The molecule has 2 heterocycles. The van der Waals surface area contributed by atoms with Crippen LogP contribution < -0.4 is 10.6 Å². The summed E-state index contributed by atoms with van der Waals surface area (Å²) < 4.78 is 5.15. The normalized spacial score (nSPS) is 15.5. The van der Waals surface area contributed by atoms with E-state index in [1.807, 2.05) is 30.3 Å². The van der Waals surface area contributed by atoms with Gasteiger partial charge in [0, 0.05) is 44.4 Å². The molecule has 0 saturated carbocycles. The number of amides is 1. The van der Waals surface area contributed by atoms with Gasteiger partial charge in [0.05, 0.1) is 0 Å². The van der Waals surface area contributed by atoms with Crippen LogP contribution in [0.25, 0.3) is 11.3 Å². The van der Waals surface area contributed by atoms with Gasteiger partial charge < -0.3 is 20.1 Å². The van der Waals surface area contributed by atoms with Gasteiger partial charge in [-0.1, -0.05) is 35.5 Å². The Morgan fingerprint density at radius 1 is 1.26 bits per heavy atom. The van der Waals surface area contributed by atoms with E-state index in [9.17, 15) is 4.79 Å². The lowest BCUT2D eigenvalue weighted by atomic mass is 10.1. The fourth-order valence-corrected chi connectivity index (χ4v) is 2.65. The summed E-state index contributed by atoms with van der Waals surface area (Å²) in [6, 6.07) is 11.4. The first-order valence-electron chi connectivity index (χ1n) is 8.06. The smallest absolute Gasteiger partial charge is 0.289 e. The van der Waals surface area contributed by atoms with Gasteiger partial charge in [0.1, 0.15) is 5.69 Å². The van der Waals surface area contributed by atoms with Crippen molar-refractivity contribution in [1.82, 2.24) is 20.7 Å². The van der Waals surface area contributed by atoms with E-state index in [1.54, 1.807) is 6.07 Å². The number of rotatable bonds is 6. The van der Waals surface area contributed by atoms with Crippen LogP contribution in [0.3, 0.4) is 0 Å². The molecule has 0 radical (unpaired) electrons.